The van der Waals surface area contributed by atoms with E-state index in [-0.39, 0.29) is 11.3 Å². The predicted octanol–water partition coefficient (Wildman–Crippen LogP) is 4.70. The third-order valence-corrected chi connectivity index (χ3v) is 5.08. The van der Waals surface area contributed by atoms with Crippen molar-refractivity contribution in [2.24, 2.45) is 0 Å². The number of Topliss-reactive ketones (excluding diaryl/α,β-unsaturated/α-hetero) is 1. The summed E-state index contributed by atoms with van der Waals surface area (Å²) >= 11 is 0. The number of carbonyl (C=O) groups is 2. The number of benzene rings is 2. The van der Waals surface area contributed by atoms with Gasteiger partial charge in [-0.15, -0.1) is 0 Å². The van der Waals surface area contributed by atoms with E-state index >= 15 is 0 Å². The number of carbonyl (C=O) groups excluding carboxylic acids is 2. The van der Waals surface area contributed by atoms with Crippen molar-refractivity contribution in [3.8, 4) is 11.5 Å². The van der Waals surface area contributed by atoms with Crippen LogP contribution in [-0.4, -0.2) is 30.0 Å². The molecule has 1 unspecified atom stereocenters. The van der Waals surface area contributed by atoms with Gasteiger partial charge < -0.3 is 19.0 Å². The number of ether oxygens (including phenoxy) is 2. The van der Waals surface area contributed by atoms with Crippen LogP contribution in [0.3, 0.4) is 0 Å². The summed E-state index contributed by atoms with van der Waals surface area (Å²) in [6.45, 7) is 4.63. The van der Waals surface area contributed by atoms with Gasteiger partial charge in [0.1, 0.15) is 29.1 Å². The maximum atomic E-state index is 13.1. The lowest BCUT2D eigenvalue weighted by Crippen LogP contribution is -2.29. The molecule has 4 rings (SSSR count). The smallest absolute Gasteiger partial charge is 0.300 e. The van der Waals surface area contributed by atoms with Crippen LogP contribution in [0.1, 0.15) is 31.2 Å². The number of nitrogens with zero attached hydrogens (tertiary/aromatic N) is 1. The van der Waals surface area contributed by atoms with Gasteiger partial charge in [-0.05, 0) is 50.2 Å². The number of furan rings is 1. The van der Waals surface area contributed by atoms with Crippen LogP contribution in [0.25, 0.3) is 5.76 Å². The van der Waals surface area contributed by atoms with Crippen LogP contribution in [0.4, 0.5) is 5.69 Å². The molecule has 1 aliphatic rings. The Kier molecular flexibility index (Phi) is 5.98. The Morgan fingerprint density at radius 3 is 2.31 bits per heavy atom. The van der Waals surface area contributed by atoms with Crippen LogP contribution < -0.4 is 14.4 Å². The molecule has 0 bridgehead atoms. The number of anilines is 1. The van der Waals surface area contributed by atoms with E-state index in [2.05, 4.69) is 0 Å². The molecular formula is C25H23NO6. The summed E-state index contributed by atoms with van der Waals surface area (Å²) in [5.41, 5.74) is 0.774. The van der Waals surface area contributed by atoms with E-state index in [1.807, 2.05) is 13.8 Å². The summed E-state index contributed by atoms with van der Waals surface area (Å²) in [4.78, 5) is 27.6. The van der Waals surface area contributed by atoms with E-state index < -0.39 is 17.7 Å². The fourth-order valence-electron chi connectivity index (χ4n) is 3.76. The zero-order chi connectivity index (χ0) is 22.7. The minimum atomic E-state index is -0.933. The summed E-state index contributed by atoms with van der Waals surface area (Å²) in [5, 5.41) is 11.1. The fourth-order valence-corrected chi connectivity index (χ4v) is 3.76. The number of hydrogen-bond acceptors (Lipinski definition) is 6. The monoisotopic (exact) mass is 433 g/mol. The molecule has 2 heterocycles. The van der Waals surface area contributed by atoms with Crippen molar-refractivity contribution < 1.29 is 28.6 Å². The minimum absolute atomic E-state index is 0.0552. The third kappa shape index (κ3) is 3.85. The van der Waals surface area contributed by atoms with Gasteiger partial charge in [0.15, 0.2) is 0 Å². The van der Waals surface area contributed by atoms with Gasteiger partial charge in [-0.1, -0.05) is 18.2 Å². The van der Waals surface area contributed by atoms with Crippen molar-refractivity contribution in [2.45, 2.75) is 19.9 Å². The normalized spacial score (nSPS) is 17.6. The van der Waals surface area contributed by atoms with E-state index in [0.717, 1.165) is 0 Å². The van der Waals surface area contributed by atoms with E-state index in [1.54, 1.807) is 60.7 Å². The molecule has 7 heteroatoms. The average molecular weight is 433 g/mol. The molecule has 1 atom stereocenters. The second kappa shape index (κ2) is 9.01. The molecule has 0 aliphatic carbocycles. The lowest BCUT2D eigenvalue weighted by molar-refractivity contribution is -0.132. The van der Waals surface area contributed by atoms with Crippen molar-refractivity contribution >= 4 is 23.1 Å². The van der Waals surface area contributed by atoms with E-state index in [9.17, 15) is 14.7 Å². The molecule has 1 saturated heterocycles. The van der Waals surface area contributed by atoms with Gasteiger partial charge >= 0.3 is 0 Å². The van der Waals surface area contributed by atoms with Crippen LogP contribution >= 0.6 is 0 Å². The maximum absolute atomic E-state index is 13.1. The summed E-state index contributed by atoms with van der Waals surface area (Å²) in [6, 6.07) is 16.0. The number of ketones is 1. The van der Waals surface area contributed by atoms with Gasteiger partial charge in [0, 0.05) is 17.3 Å². The average Bonchev–Trinajstić information content (AvgIpc) is 3.41. The molecule has 32 heavy (non-hydrogen) atoms. The number of rotatable bonds is 7. The Bertz CT molecular complexity index is 1160. The highest BCUT2D eigenvalue weighted by molar-refractivity contribution is 6.51. The topological polar surface area (TPSA) is 89.2 Å². The van der Waals surface area contributed by atoms with Gasteiger partial charge in [0.2, 0.25) is 0 Å². The second-order valence-electron chi connectivity index (χ2n) is 7.08. The first-order valence-corrected chi connectivity index (χ1v) is 10.4. The van der Waals surface area contributed by atoms with E-state index in [0.29, 0.717) is 41.7 Å². The van der Waals surface area contributed by atoms with Crippen molar-refractivity contribution in [1.82, 2.24) is 0 Å². The molecule has 0 saturated carbocycles. The predicted molar refractivity (Wildman–Crippen MR) is 119 cm³/mol. The molecule has 0 spiro atoms. The number of amides is 1. The van der Waals surface area contributed by atoms with Crippen LogP contribution in [0.2, 0.25) is 0 Å². The fraction of sp³-hybridized carbons (Fsp3) is 0.200. The Hall–Kier alpha value is -4.00. The van der Waals surface area contributed by atoms with Gasteiger partial charge in [-0.3, -0.25) is 14.5 Å². The third-order valence-electron chi connectivity index (χ3n) is 5.08. The summed E-state index contributed by atoms with van der Waals surface area (Å²) in [7, 11) is 0. The Balaban J connectivity index is 1.87. The standard InChI is InChI=1S/C25H23NO6/c1-3-30-18-10-5-8-16(14-18)23(27)21-22(20-12-7-13-32-20)26(25(29)24(21)28)17-9-6-11-19(15-17)31-4-2/h5-15,22,27H,3-4H2,1-2H3/b23-21-. The molecule has 1 aliphatic heterocycles. The maximum Gasteiger partial charge on any atom is 0.300 e. The molecule has 1 fully saturated rings. The molecule has 3 aromatic rings. The summed E-state index contributed by atoms with van der Waals surface area (Å²) in [5.74, 6) is -0.391. The van der Waals surface area contributed by atoms with Crippen molar-refractivity contribution in [1.29, 1.82) is 0 Å². The Morgan fingerprint density at radius 1 is 0.969 bits per heavy atom. The SMILES string of the molecule is CCOc1cccc(/C(O)=C2/C(=O)C(=O)N(c3cccc(OCC)c3)C2c2ccco2)c1. The molecule has 2 aromatic carbocycles. The molecule has 1 aromatic heterocycles. The highest BCUT2D eigenvalue weighted by Gasteiger charge is 2.48. The molecule has 164 valence electrons. The van der Waals surface area contributed by atoms with Crippen LogP contribution in [0.5, 0.6) is 11.5 Å². The van der Waals surface area contributed by atoms with Crippen LogP contribution in [-0.2, 0) is 9.59 Å². The number of aliphatic hydroxyl groups is 1. The van der Waals surface area contributed by atoms with Gasteiger partial charge in [0.05, 0.1) is 25.1 Å². The lowest BCUT2D eigenvalue weighted by Gasteiger charge is -2.23. The summed E-state index contributed by atoms with van der Waals surface area (Å²) < 4.78 is 16.6. The largest absolute Gasteiger partial charge is 0.507 e. The number of hydrogen-bond donors (Lipinski definition) is 1. The second-order valence-corrected chi connectivity index (χ2v) is 7.08. The number of aliphatic hydroxyl groups excluding tert-OH is 1. The summed E-state index contributed by atoms with van der Waals surface area (Å²) in [6.07, 6.45) is 1.46. The molecule has 7 nitrogen and oxygen atoms in total. The molecule has 0 radical (unpaired) electrons. The van der Waals surface area contributed by atoms with Gasteiger partial charge in [-0.25, -0.2) is 0 Å². The van der Waals surface area contributed by atoms with Crippen molar-refractivity contribution in [3.05, 3.63) is 83.8 Å². The highest BCUT2D eigenvalue weighted by Crippen LogP contribution is 2.43. The highest BCUT2D eigenvalue weighted by atomic mass is 16.5. The Labute approximate surface area is 185 Å². The van der Waals surface area contributed by atoms with Crippen LogP contribution in [0.15, 0.2) is 76.9 Å². The van der Waals surface area contributed by atoms with Crippen LogP contribution in [0, 0.1) is 0 Å². The zero-order valence-electron chi connectivity index (χ0n) is 17.8. The van der Waals surface area contributed by atoms with E-state index in [4.69, 9.17) is 13.9 Å². The zero-order valence-corrected chi connectivity index (χ0v) is 17.8. The quantitative estimate of drug-likeness (QED) is 0.330. The van der Waals surface area contributed by atoms with E-state index in [1.165, 1.54) is 11.2 Å². The Morgan fingerprint density at radius 2 is 1.66 bits per heavy atom. The first kappa shape index (κ1) is 21.2. The first-order chi connectivity index (χ1) is 15.5. The molecular weight excluding hydrogens is 410 g/mol. The first-order valence-electron chi connectivity index (χ1n) is 10.4. The van der Waals surface area contributed by atoms with Gasteiger partial charge in [0.25, 0.3) is 11.7 Å². The van der Waals surface area contributed by atoms with Crippen molar-refractivity contribution in [2.75, 3.05) is 18.1 Å². The molecule has 1 N–H and O–H groups in total. The lowest BCUT2D eigenvalue weighted by atomic mass is 9.99. The molecule has 1 amide bonds. The minimum Gasteiger partial charge on any atom is -0.507 e. The van der Waals surface area contributed by atoms with Gasteiger partial charge in [-0.2, -0.15) is 0 Å². The van der Waals surface area contributed by atoms with Crippen molar-refractivity contribution in [3.63, 3.8) is 0 Å².